The van der Waals surface area contributed by atoms with Gasteiger partial charge in [0.25, 0.3) is 5.56 Å². The second-order valence-electron chi connectivity index (χ2n) is 9.27. The molecule has 0 bridgehead atoms. The van der Waals surface area contributed by atoms with Crippen molar-refractivity contribution in [2.24, 2.45) is 0 Å². The molecule has 4 N–H and O–H groups in total. The van der Waals surface area contributed by atoms with Gasteiger partial charge in [-0.05, 0) is 75.6 Å². The van der Waals surface area contributed by atoms with Gasteiger partial charge in [0, 0.05) is 29.8 Å². The summed E-state index contributed by atoms with van der Waals surface area (Å²) >= 11 is 0. The van der Waals surface area contributed by atoms with Crippen LogP contribution >= 0.6 is 0 Å². The van der Waals surface area contributed by atoms with Crippen LogP contribution in [0.1, 0.15) is 67.2 Å². The molecule has 1 saturated carbocycles. The molecule has 3 aliphatic rings. The summed E-state index contributed by atoms with van der Waals surface area (Å²) in [4.78, 5) is 21.1. The van der Waals surface area contributed by atoms with Crippen molar-refractivity contribution in [3.8, 4) is 0 Å². The maximum absolute atomic E-state index is 13.7. The monoisotopic (exact) mass is 425 g/mol. The predicted octanol–water partition coefficient (Wildman–Crippen LogP) is 3.68. The van der Waals surface area contributed by atoms with Crippen LogP contribution < -0.4 is 21.5 Å². The molecule has 2 aliphatic heterocycles. The van der Waals surface area contributed by atoms with Crippen LogP contribution in [0, 0.1) is 0 Å². The van der Waals surface area contributed by atoms with Crippen LogP contribution in [0.25, 0.3) is 0 Å². The Labute approximate surface area is 182 Å². The van der Waals surface area contributed by atoms with Crippen molar-refractivity contribution in [2.75, 3.05) is 30.3 Å². The minimum atomic E-state index is -0.727. The molecule has 6 nitrogen and oxygen atoms in total. The van der Waals surface area contributed by atoms with Crippen molar-refractivity contribution >= 4 is 11.6 Å². The van der Waals surface area contributed by atoms with Crippen LogP contribution in [0.3, 0.4) is 0 Å². The summed E-state index contributed by atoms with van der Waals surface area (Å²) in [5, 5.41) is 10.3. The molecule has 2 aromatic rings. The van der Waals surface area contributed by atoms with Gasteiger partial charge >= 0.3 is 0 Å². The Morgan fingerprint density at radius 1 is 1.03 bits per heavy atom. The summed E-state index contributed by atoms with van der Waals surface area (Å²) in [6, 6.07) is 8.63. The van der Waals surface area contributed by atoms with Gasteiger partial charge in [-0.2, -0.15) is 0 Å². The van der Waals surface area contributed by atoms with Gasteiger partial charge in [0.2, 0.25) is 5.95 Å². The molecule has 0 radical (unpaired) electrons. The second-order valence-corrected chi connectivity index (χ2v) is 9.27. The SMILES string of the molecule is O=c1[nH]c(NCC2Cc3ccccc3N2)nc(C2CCNCC2)c1C1CCC(F)CC1. The highest BCUT2D eigenvalue weighted by Gasteiger charge is 2.30. The molecule has 31 heavy (non-hydrogen) atoms. The van der Waals surface area contributed by atoms with Gasteiger partial charge in [-0.15, -0.1) is 0 Å². The number of hydrogen-bond donors (Lipinski definition) is 4. The van der Waals surface area contributed by atoms with Gasteiger partial charge < -0.3 is 16.0 Å². The number of fused-ring (bicyclic) bond motifs is 1. The second kappa shape index (κ2) is 8.99. The number of para-hydroxylation sites is 1. The van der Waals surface area contributed by atoms with E-state index in [-0.39, 0.29) is 23.4 Å². The molecule has 1 atom stereocenters. The van der Waals surface area contributed by atoms with Gasteiger partial charge in [-0.1, -0.05) is 18.2 Å². The largest absolute Gasteiger partial charge is 0.380 e. The standard InChI is InChI=1S/C24H32FN5O/c25-18-7-5-15(6-8-18)21-22(16-9-11-26-12-10-16)29-24(30-23(21)31)27-14-19-13-17-3-1-2-4-20(17)28-19/h1-4,15-16,18-19,26,28H,5-14H2,(H2,27,29,30,31). The molecule has 1 aliphatic carbocycles. The van der Waals surface area contributed by atoms with E-state index in [1.54, 1.807) is 0 Å². The number of alkyl halides is 1. The fraction of sp³-hybridized carbons (Fsp3) is 0.583. The Morgan fingerprint density at radius 3 is 2.58 bits per heavy atom. The molecule has 3 heterocycles. The van der Waals surface area contributed by atoms with Gasteiger partial charge in [0.15, 0.2) is 0 Å². The normalized spacial score (nSPS) is 26.3. The maximum atomic E-state index is 13.7. The van der Waals surface area contributed by atoms with Crippen molar-refractivity contribution in [1.82, 2.24) is 15.3 Å². The quantitative estimate of drug-likeness (QED) is 0.588. The van der Waals surface area contributed by atoms with E-state index in [1.807, 2.05) is 6.07 Å². The van der Waals surface area contributed by atoms with Crippen LogP contribution in [-0.4, -0.2) is 41.8 Å². The number of H-pyrrole nitrogens is 1. The Hall–Kier alpha value is -2.41. The van der Waals surface area contributed by atoms with Gasteiger partial charge in [-0.3, -0.25) is 9.78 Å². The van der Waals surface area contributed by atoms with E-state index in [0.717, 1.165) is 56.5 Å². The molecular weight excluding hydrogens is 393 g/mol. The minimum Gasteiger partial charge on any atom is -0.380 e. The topological polar surface area (TPSA) is 81.8 Å². The van der Waals surface area contributed by atoms with Crippen LogP contribution in [0.5, 0.6) is 0 Å². The molecule has 1 aromatic carbocycles. The number of anilines is 2. The molecule has 1 aromatic heterocycles. The van der Waals surface area contributed by atoms with Gasteiger partial charge in [-0.25, -0.2) is 9.37 Å². The first-order chi connectivity index (χ1) is 15.2. The molecule has 5 rings (SSSR count). The van der Waals surface area contributed by atoms with E-state index >= 15 is 0 Å². The number of hydrogen-bond acceptors (Lipinski definition) is 5. The van der Waals surface area contributed by atoms with Crippen LogP contribution in [-0.2, 0) is 6.42 Å². The highest BCUT2D eigenvalue weighted by atomic mass is 19.1. The maximum Gasteiger partial charge on any atom is 0.256 e. The average Bonchev–Trinajstić information content (AvgIpc) is 3.22. The third-order valence-corrected chi connectivity index (χ3v) is 7.13. The third-order valence-electron chi connectivity index (χ3n) is 7.13. The van der Waals surface area contributed by atoms with E-state index in [4.69, 9.17) is 4.98 Å². The average molecular weight is 426 g/mol. The Kier molecular flexibility index (Phi) is 5.94. The predicted molar refractivity (Wildman–Crippen MR) is 122 cm³/mol. The van der Waals surface area contributed by atoms with E-state index in [0.29, 0.717) is 25.3 Å². The number of piperidine rings is 1. The minimum absolute atomic E-state index is 0.0454. The number of aromatic amines is 1. The lowest BCUT2D eigenvalue weighted by molar-refractivity contribution is 0.234. The van der Waals surface area contributed by atoms with E-state index in [2.05, 4.69) is 39.1 Å². The lowest BCUT2D eigenvalue weighted by Crippen LogP contribution is -2.32. The molecule has 166 valence electrons. The van der Waals surface area contributed by atoms with Crippen molar-refractivity contribution < 1.29 is 4.39 Å². The molecule has 2 fully saturated rings. The lowest BCUT2D eigenvalue weighted by atomic mass is 9.80. The van der Waals surface area contributed by atoms with Gasteiger partial charge in [0.1, 0.15) is 6.17 Å². The first-order valence-corrected chi connectivity index (χ1v) is 11.7. The highest BCUT2D eigenvalue weighted by Crippen LogP contribution is 2.37. The smallest absolute Gasteiger partial charge is 0.256 e. The Bertz CT molecular complexity index is 938. The van der Waals surface area contributed by atoms with Crippen molar-refractivity contribution in [2.45, 2.75) is 69.0 Å². The zero-order valence-corrected chi connectivity index (χ0v) is 17.9. The van der Waals surface area contributed by atoms with E-state index in [1.165, 1.54) is 11.3 Å². The van der Waals surface area contributed by atoms with Crippen LogP contribution in [0.15, 0.2) is 29.1 Å². The zero-order valence-electron chi connectivity index (χ0n) is 17.9. The summed E-state index contributed by atoms with van der Waals surface area (Å²) < 4.78 is 13.7. The van der Waals surface area contributed by atoms with Crippen molar-refractivity contribution in [3.05, 3.63) is 51.4 Å². The Morgan fingerprint density at radius 2 is 1.81 bits per heavy atom. The number of aromatic nitrogens is 2. The number of nitrogens with one attached hydrogen (secondary N) is 4. The first-order valence-electron chi connectivity index (χ1n) is 11.7. The molecule has 1 unspecified atom stereocenters. The fourth-order valence-electron chi connectivity index (χ4n) is 5.44. The highest BCUT2D eigenvalue weighted by molar-refractivity contribution is 5.57. The number of nitrogens with zero attached hydrogens (tertiary/aromatic N) is 1. The molecule has 0 amide bonds. The molecule has 1 saturated heterocycles. The summed E-state index contributed by atoms with van der Waals surface area (Å²) in [6.45, 7) is 2.58. The summed E-state index contributed by atoms with van der Waals surface area (Å²) in [5.74, 6) is 0.962. The zero-order chi connectivity index (χ0) is 21.2. The van der Waals surface area contributed by atoms with E-state index in [9.17, 15) is 9.18 Å². The number of halogens is 1. The number of benzene rings is 1. The molecule has 0 spiro atoms. The summed E-state index contributed by atoms with van der Waals surface area (Å²) in [5.41, 5.74) is 4.22. The van der Waals surface area contributed by atoms with Gasteiger partial charge in [0.05, 0.1) is 5.69 Å². The first kappa shape index (κ1) is 20.5. The third kappa shape index (κ3) is 4.47. The van der Waals surface area contributed by atoms with Crippen LogP contribution in [0.4, 0.5) is 16.0 Å². The number of rotatable bonds is 5. The summed E-state index contributed by atoms with van der Waals surface area (Å²) in [6.07, 6.45) is 4.77. The summed E-state index contributed by atoms with van der Waals surface area (Å²) in [7, 11) is 0. The Balaban J connectivity index is 1.36. The van der Waals surface area contributed by atoms with Crippen molar-refractivity contribution in [1.29, 1.82) is 0 Å². The molecular formula is C24H32FN5O. The van der Waals surface area contributed by atoms with E-state index < -0.39 is 6.17 Å². The lowest BCUT2D eigenvalue weighted by Gasteiger charge is -2.29. The van der Waals surface area contributed by atoms with Crippen LogP contribution in [0.2, 0.25) is 0 Å². The van der Waals surface area contributed by atoms with Crippen molar-refractivity contribution in [3.63, 3.8) is 0 Å². The fourth-order valence-corrected chi connectivity index (χ4v) is 5.44. The molecule has 7 heteroatoms.